The molecule has 0 unspecified atom stereocenters. The maximum absolute atomic E-state index is 11.6. The normalized spacial score (nSPS) is 40.7. The third-order valence-corrected chi connectivity index (χ3v) is 5.37. The smallest absolute Gasteiger partial charge is 0.335 e. The Labute approximate surface area is 170 Å². The monoisotopic (exact) mass is 432 g/mol. The van der Waals surface area contributed by atoms with Gasteiger partial charge in [-0.15, -0.1) is 0 Å². The minimum Gasteiger partial charge on any atom is -0.478 e. The van der Waals surface area contributed by atoms with Crippen LogP contribution in [0.25, 0.3) is 0 Å². The molecule has 0 aromatic carbocycles. The number of carboxylic acids is 1. The van der Waals surface area contributed by atoms with E-state index in [4.69, 9.17) is 18.9 Å². The Balaban J connectivity index is 1.88. The summed E-state index contributed by atoms with van der Waals surface area (Å²) >= 11 is 0. The van der Waals surface area contributed by atoms with Crippen LogP contribution in [0.15, 0.2) is 23.5 Å². The zero-order valence-corrected chi connectivity index (χ0v) is 15.9. The van der Waals surface area contributed by atoms with E-state index in [0.717, 1.165) is 6.26 Å². The van der Waals surface area contributed by atoms with E-state index < -0.39 is 73.5 Å². The van der Waals surface area contributed by atoms with Crippen molar-refractivity contribution in [1.82, 2.24) is 0 Å². The van der Waals surface area contributed by atoms with Crippen LogP contribution in [0.4, 0.5) is 0 Å². The molecule has 1 saturated heterocycles. The lowest BCUT2D eigenvalue weighted by Crippen LogP contribution is -2.61. The molecule has 9 atom stereocenters. The average molecular weight is 432 g/mol. The first kappa shape index (κ1) is 22.6. The molecule has 0 bridgehead atoms. The van der Waals surface area contributed by atoms with Gasteiger partial charge in [-0.25, -0.2) is 4.79 Å². The third-order valence-electron chi connectivity index (χ3n) is 5.37. The molecule has 0 amide bonds. The molecule has 1 fully saturated rings. The molecule has 0 aromatic rings. The fourth-order valence-electron chi connectivity index (χ4n) is 3.93. The molecule has 0 spiro atoms. The number of aliphatic carboxylic acids is 1. The summed E-state index contributed by atoms with van der Waals surface area (Å²) in [5, 5.41) is 59.1. The minimum absolute atomic E-state index is 0.226. The highest BCUT2D eigenvalue weighted by atomic mass is 16.7. The number of fused-ring (bicyclic) bond motifs is 1. The van der Waals surface area contributed by atoms with E-state index in [1.54, 1.807) is 0 Å². The molecule has 12 heteroatoms. The number of carboxylic acid groups (broad SMARTS) is 1. The van der Waals surface area contributed by atoms with Crippen LogP contribution in [0.5, 0.6) is 0 Å². The van der Waals surface area contributed by atoms with Gasteiger partial charge in [-0.1, -0.05) is 6.08 Å². The van der Waals surface area contributed by atoms with E-state index in [0.29, 0.717) is 5.57 Å². The van der Waals surface area contributed by atoms with Gasteiger partial charge in [0.1, 0.15) is 31.0 Å². The van der Waals surface area contributed by atoms with Crippen molar-refractivity contribution in [3.05, 3.63) is 23.5 Å². The summed E-state index contributed by atoms with van der Waals surface area (Å²) in [6.07, 6.45) is -7.97. The largest absolute Gasteiger partial charge is 0.478 e. The summed E-state index contributed by atoms with van der Waals surface area (Å²) < 4.78 is 21.2. The number of rotatable bonds is 6. The first-order valence-corrected chi connectivity index (χ1v) is 9.22. The van der Waals surface area contributed by atoms with Crippen LogP contribution < -0.4 is 0 Å². The van der Waals surface area contributed by atoms with Gasteiger partial charge in [0.25, 0.3) is 0 Å². The first-order chi connectivity index (χ1) is 14.1. The molecule has 0 radical (unpaired) electrons. The quantitative estimate of drug-likeness (QED) is 0.187. The summed E-state index contributed by atoms with van der Waals surface area (Å²) in [7, 11) is 0. The molecule has 2 aliphatic heterocycles. The average Bonchev–Trinajstić information content (AvgIpc) is 3.03. The van der Waals surface area contributed by atoms with Crippen LogP contribution in [-0.2, 0) is 28.5 Å². The number of aliphatic hydroxyl groups is 5. The molecule has 3 aliphatic rings. The molecule has 168 valence electrons. The molecule has 3 rings (SSSR count). The third kappa shape index (κ3) is 4.21. The maximum atomic E-state index is 11.6. The van der Waals surface area contributed by atoms with Crippen molar-refractivity contribution in [2.75, 3.05) is 13.2 Å². The number of hydrogen-bond acceptors (Lipinski definition) is 11. The topological polar surface area (TPSA) is 192 Å². The Kier molecular flexibility index (Phi) is 6.77. The van der Waals surface area contributed by atoms with Gasteiger partial charge in [0, 0.05) is 12.8 Å². The number of esters is 1. The van der Waals surface area contributed by atoms with Crippen LogP contribution in [0.1, 0.15) is 6.92 Å². The molecule has 0 saturated carbocycles. The second kappa shape index (κ2) is 8.98. The molecule has 1 aliphatic carbocycles. The van der Waals surface area contributed by atoms with E-state index in [-0.39, 0.29) is 12.2 Å². The Morgan fingerprint density at radius 1 is 1.13 bits per heavy atom. The zero-order valence-electron chi connectivity index (χ0n) is 15.9. The maximum Gasteiger partial charge on any atom is 0.335 e. The molecule has 0 aromatic heterocycles. The van der Waals surface area contributed by atoms with Gasteiger partial charge in [0.15, 0.2) is 6.29 Å². The number of hydrogen-bond donors (Lipinski definition) is 6. The summed E-state index contributed by atoms with van der Waals surface area (Å²) in [6, 6.07) is 0. The van der Waals surface area contributed by atoms with Gasteiger partial charge in [-0.2, -0.15) is 0 Å². The van der Waals surface area contributed by atoms with Gasteiger partial charge in [0.05, 0.1) is 30.5 Å². The Bertz CT molecular complexity index is 731. The molecule has 2 heterocycles. The van der Waals surface area contributed by atoms with Crippen molar-refractivity contribution in [2.24, 2.45) is 11.8 Å². The van der Waals surface area contributed by atoms with Gasteiger partial charge < -0.3 is 49.6 Å². The van der Waals surface area contributed by atoms with Gasteiger partial charge in [0.2, 0.25) is 6.29 Å². The van der Waals surface area contributed by atoms with Gasteiger partial charge in [-0.05, 0) is 5.57 Å². The molecular weight excluding hydrogens is 408 g/mol. The lowest BCUT2D eigenvalue weighted by atomic mass is 9.82. The summed E-state index contributed by atoms with van der Waals surface area (Å²) in [4.78, 5) is 22.8. The fraction of sp³-hybridized carbons (Fsp3) is 0.667. The van der Waals surface area contributed by atoms with E-state index >= 15 is 0 Å². The van der Waals surface area contributed by atoms with Gasteiger partial charge in [-0.3, -0.25) is 4.79 Å². The van der Waals surface area contributed by atoms with Gasteiger partial charge >= 0.3 is 11.9 Å². The second-order valence-corrected chi connectivity index (χ2v) is 7.28. The van der Waals surface area contributed by atoms with Crippen LogP contribution in [-0.4, -0.2) is 98.9 Å². The zero-order chi connectivity index (χ0) is 22.2. The number of carbonyl (C=O) groups is 2. The number of aliphatic hydroxyl groups excluding tert-OH is 5. The number of carbonyl (C=O) groups excluding carboxylic acids is 1. The van der Waals surface area contributed by atoms with Crippen molar-refractivity contribution < 1.29 is 59.2 Å². The van der Waals surface area contributed by atoms with E-state index in [9.17, 15) is 40.2 Å². The highest BCUT2D eigenvalue weighted by Gasteiger charge is 2.52. The van der Waals surface area contributed by atoms with Crippen LogP contribution in [0.3, 0.4) is 0 Å². The molecule has 30 heavy (non-hydrogen) atoms. The van der Waals surface area contributed by atoms with Crippen LogP contribution in [0.2, 0.25) is 0 Å². The predicted octanol–water partition coefficient (Wildman–Crippen LogP) is -2.78. The summed E-state index contributed by atoms with van der Waals surface area (Å²) in [6.45, 7) is 0.269. The van der Waals surface area contributed by atoms with E-state index in [2.05, 4.69) is 0 Å². The van der Waals surface area contributed by atoms with Crippen molar-refractivity contribution in [3.63, 3.8) is 0 Å². The predicted molar refractivity (Wildman–Crippen MR) is 93.1 cm³/mol. The Morgan fingerprint density at radius 3 is 2.43 bits per heavy atom. The van der Waals surface area contributed by atoms with Crippen LogP contribution in [0, 0.1) is 11.8 Å². The summed E-state index contributed by atoms with van der Waals surface area (Å²) in [5.41, 5.74) is 0.114. The summed E-state index contributed by atoms with van der Waals surface area (Å²) in [5.74, 6) is -3.81. The lowest BCUT2D eigenvalue weighted by Gasteiger charge is -2.43. The highest BCUT2D eigenvalue weighted by molar-refractivity contribution is 5.87. The molecular formula is C18H24O12. The second-order valence-electron chi connectivity index (χ2n) is 7.28. The molecule has 12 nitrogen and oxygen atoms in total. The van der Waals surface area contributed by atoms with Crippen LogP contribution >= 0.6 is 0 Å². The van der Waals surface area contributed by atoms with E-state index in [1.807, 2.05) is 0 Å². The molecule has 6 N–H and O–H groups in total. The van der Waals surface area contributed by atoms with Crippen molar-refractivity contribution in [3.8, 4) is 0 Å². The minimum atomic E-state index is -1.75. The SMILES string of the molecule is CC(=O)OCC1=C[C@H](O)[C@@H]2C(C(=O)O)=CO[C@@H](O[C@@H]3[C@@H](O)[C@H](O)[C@@H](O)O[C@H]3CO)[C@H]12. The standard InChI is InChI=1S/C18H24O12/c1-6(20)27-4-7-2-9(21)12-8(16(24)25)5-28-18(11(7)12)30-15-10(3-19)29-17(26)14(23)13(15)22/h2,5,9-15,17-19,21-23,26H,3-4H2,1H3,(H,24,25)/t9-,10-,11+,12-,13-,14-,15-,17-,18-/m0/s1. The van der Waals surface area contributed by atoms with E-state index in [1.165, 1.54) is 13.0 Å². The van der Waals surface area contributed by atoms with Crippen molar-refractivity contribution in [2.45, 2.75) is 50.0 Å². The fourth-order valence-corrected chi connectivity index (χ4v) is 3.93. The Hall–Kier alpha value is -2.06. The lowest BCUT2D eigenvalue weighted by molar-refractivity contribution is -0.319. The van der Waals surface area contributed by atoms with Crippen molar-refractivity contribution >= 4 is 11.9 Å². The Morgan fingerprint density at radius 2 is 1.83 bits per heavy atom. The number of ether oxygens (including phenoxy) is 4. The highest BCUT2D eigenvalue weighted by Crippen LogP contribution is 2.44. The first-order valence-electron chi connectivity index (χ1n) is 9.22. The van der Waals surface area contributed by atoms with Crippen molar-refractivity contribution in [1.29, 1.82) is 0 Å².